The molecule has 2 aromatic carbocycles. The number of hydrogen-bond acceptors (Lipinski definition) is 4. The highest BCUT2D eigenvalue weighted by Crippen LogP contribution is 2.48. The quantitative estimate of drug-likeness (QED) is 0.418. The summed E-state index contributed by atoms with van der Waals surface area (Å²) in [4.78, 5) is 27.5. The van der Waals surface area contributed by atoms with Crippen molar-refractivity contribution < 1.29 is 23.1 Å². The van der Waals surface area contributed by atoms with Crippen LogP contribution in [0.1, 0.15) is 62.1 Å². The van der Waals surface area contributed by atoms with E-state index in [1.54, 1.807) is 30.1 Å². The molecule has 2 unspecified atom stereocenters. The zero-order valence-electron chi connectivity index (χ0n) is 20.9. The minimum absolute atomic E-state index is 0.132. The van der Waals surface area contributed by atoms with Crippen LogP contribution in [0.3, 0.4) is 0 Å². The van der Waals surface area contributed by atoms with Crippen molar-refractivity contribution in [3.05, 3.63) is 69.7 Å². The number of halogens is 2. The molecule has 1 N–H and O–H groups in total. The molecule has 2 fully saturated rings. The minimum atomic E-state index is -3.45. The number of benzene rings is 2. The van der Waals surface area contributed by atoms with Crippen molar-refractivity contribution >= 4 is 45.1 Å². The number of aliphatic carboxylic acids is 1. The molecule has 200 valence electrons. The summed E-state index contributed by atoms with van der Waals surface area (Å²) in [7, 11) is -1.89. The van der Waals surface area contributed by atoms with Crippen molar-refractivity contribution in [2.24, 2.45) is 5.92 Å². The van der Waals surface area contributed by atoms with E-state index in [2.05, 4.69) is 0 Å². The molecule has 0 radical (unpaired) electrons. The Morgan fingerprint density at radius 2 is 1.78 bits per heavy atom. The Hall–Kier alpha value is -2.13. The van der Waals surface area contributed by atoms with E-state index in [0.29, 0.717) is 35.7 Å². The number of carbonyl (C=O) groups excluding carboxylic acids is 1. The van der Waals surface area contributed by atoms with E-state index < -0.39 is 34.0 Å². The van der Waals surface area contributed by atoms with Crippen molar-refractivity contribution in [2.45, 2.75) is 62.3 Å². The van der Waals surface area contributed by atoms with Gasteiger partial charge in [0, 0.05) is 41.5 Å². The lowest BCUT2D eigenvalue weighted by atomic mass is 9.74. The number of likely N-dealkylation sites (N-methyl/N-ethyl adjacent to an activating group) is 1. The lowest BCUT2D eigenvalue weighted by molar-refractivity contribution is -0.152. The van der Waals surface area contributed by atoms with Crippen LogP contribution in [0.4, 0.5) is 0 Å². The third-order valence-electron chi connectivity index (χ3n) is 7.44. The molecular weight excluding hydrogens is 535 g/mol. The van der Waals surface area contributed by atoms with Crippen molar-refractivity contribution in [1.82, 2.24) is 9.21 Å². The van der Waals surface area contributed by atoms with E-state index in [4.69, 9.17) is 23.2 Å². The second-order valence-corrected chi connectivity index (χ2v) is 13.2. The Bertz CT molecular complexity index is 1250. The summed E-state index contributed by atoms with van der Waals surface area (Å²) in [6.45, 7) is 2.05. The van der Waals surface area contributed by atoms with Crippen LogP contribution in [0.25, 0.3) is 0 Å². The molecule has 1 saturated heterocycles. The molecule has 4 atom stereocenters. The summed E-state index contributed by atoms with van der Waals surface area (Å²) in [6, 6.07) is 13.8. The van der Waals surface area contributed by atoms with Crippen LogP contribution in [-0.4, -0.2) is 59.5 Å². The van der Waals surface area contributed by atoms with E-state index in [0.717, 1.165) is 11.1 Å². The number of nitrogens with zero attached hydrogens (tertiary/aromatic N) is 2. The van der Waals surface area contributed by atoms with E-state index in [1.807, 2.05) is 37.3 Å². The lowest BCUT2D eigenvalue weighted by Gasteiger charge is -2.49. The number of likely N-dealkylation sites (tertiary alicyclic amines) is 1. The maximum atomic E-state index is 14.0. The number of carboxylic acid groups (broad SMARTS) is 1. The van der Waals surface area contributed by atoms with Gasteiger partial charge >= 0.3 is 5.97 Å². The first-order chi connectivity index (χ1) is 17.5. The highest BCUT2D eigenvalue weighted by atomic mass is 35.5. The summed E-state index contributed by atoms with van der Waals surface area (Å²) in [5, 5.41) is 10.4. The van der Waals surface area contributed by atoms with Gasteiger partial charge in [-0.05, 0) is 61.1 Å². The lowest BCUT2D eigenvalue weighted by Crippen LogP contribution is -2.55. The molecule has 4 rings (SSSR count). The van der Waals surface area contributed by atoms with Gasteiger partial charge in [-0.3, -0.25) is 9.59 Å². The Kier molecular flexibility index (Phi) is 8.53. The number of carbonyl (C=O) groups is 2. The van der Waals surface area contributed by atoms with Crippen LogP contribution < -0.4 is 0 Å². The zero-order valence-corrected chi connectivity index (χ0v) is 23.2. The van der Waals surface area contributed by atoms with Crippen LogP contribution in [0, 0.1) is 5.92 Å². The fraction of sp³-hybridized carbons (Fsp3) is 0.481. The molecule has 10 heteroatoms. The average molecular weight is 568 g/mol. The predicted octanol–water partition coefficient (Wildman–Crippen LogP) is 5.34. The predicted molar refractivity (Wildman–Crippen MR) is 144 cm³/mol. The van der Waals surface area contributed by atoms with Gasteiger partial charge in [-0.1, -0.05) is 54.4 Å². The summed E-state index contributed by atoms with van der Waals surface area (Å²) in [6.07, 6.45) is 1.84. The van der Waals surface area contributed by atoms with Gasteiger partial charge in [0.05, 0.1) is 17.7 Å². The number of sulfonamides is 1. The maximum Gasteiger partial charge on any atom is 0.304 e. The molecular formula is C27H32Cl2N2O5S. The smallest absolute Gasteiger partial charge is 0.304 e. The first-order valence-corrected chi connectivity index (χ1v) is 14.8. The summed E-state index contributed by atoms with van der Waals surface area (Å²) in [5.74, 6) is -2.31. The van der Waals surface area contributed by atoms with E-state index in [-0.39, 0.29) is 30.0 Å². The Balaban J connectivity index is 1.81. The molecule has 1 aliphatic carbocycles. The van der Waals surface area contributed by atoms with Crippen LogP contribution in [0.2, 0.25) is 10.0 Å². The normalized spacial score (nSPS) is 23.3. The van der Waals surface area contributed by atoms with Crippen LogP contribution in [0.5, 0.6) is 0 Å². The van der Waals surface area contributed by atoms with Crippen LogP contribution >= 0.6 is 23.2 Å². The standard InChI is InChI=1S/C27H32Cl2N2O5S/c1-3-22(16-30(2)37(35,36)23-11-12-23)31-26(17-7-9-20(28)10-8-17)24(18-5-4-6-21(29)13-18)14-19(27(31)34)15-25(32)33/h4-10,13,19,22-24,26H,3,11-12,14-16H2,1-2H3,(H,32,33)/t19-,22?,24-,26?/m0/s1. The topological polar surface area (TPSA) is 95.0 Å². The monoisotopic (exact) mass is 566 g/mol. The van der Waals surface area contributed by atoms with Gasteiger partial charge < -0.3 is 10.0 Å². The molecule has 37 heavy (non-hydrogen) atoms. The fourth-order valence-corrected chi connectivity index (χ4v) is 7.36. The first-order valence-electron chi connectivity index (χ1n) is 12.5. The molecule has 1 aliphatic heterocycles. The average Bonchev–Trinajstić information content (AvgIpc) is 3.70. The summed E-state index contributed by atoms with van der Waals surface area (Å²) < 4.78 is 27.3. The third kappa shape index (κ3) is 6.14. The van der Waals surface area contributed by atoms with Crippen LogP contribution in [-0.2, 0) is 19.6 Å². The molecule has 1 saturated carbocycles. The van der Waals surface area contributed by atoms with Crippen molar-refractivity contribution in [3.63, 3.8) is 0 Å². The second kappa shape index (κ2) is 11.3. The van der Waals surface area contributed by atoms with Gasteiger partial charge in [0.25, 0.3) is 0 Å². The molecule has 0 bridgehead atoms. The maximum absolute atomic E-state index is 14.0. The number of carboxylic acids is 1. The molecule has 0 spiro atoms. The Labute approximate surface area is 228 Å². The molecule has 1 heterocycles. The van der Waals surface area contributed by atoms with Gasteiger partial charge in [-0.25, -0.2) is 12.7 Å². The summed E-state index contributed by atoms with van der Waals surface area (Å²) in [5.41, 5.74) is 1.75. The largest absolute Gasteiger partial charge is 0.481 e. The van der Waals surface area contributed by atoms with E-state index in [1.165, 1.54) is 4.31 Å². The van der Waals surface area contributed by atoms with Crippen molar-refractivity contribution in [2.75, 3.05) is 13.6 Å². The number of piperidine rings is 1. The van der Waals surface area contributed by atoms with Gasteiger partial charge in [-0.2, -0.15) is 0 Å². The molecule has 1 amide bonds. The number of hydrogen-bond donors (Lipinski definition) is 1. The molecule has 2 aromatic rings. The molecule has 0 aromatic heterocycles. The van der Waals surface area contributed by atoms with E-state index in [9.17, 15) is 23.1 Å². The Morgan fingerprint density at radius 3 is 2.35 bits per heavy atom. The Morgan fingerprint density at radius 1 is 1.11 bits per heavy atom. The third-order valence-corrected chi connectivity index (χ3v) is 10.3. The van der Waals surface area contributed by atoms with Crippen molar-refractivity contribution in [1.29, 1.82) is 0 Å². The highest BCUT2D eigenvalue weighted by Gasteiger charge is 2.47. The first kappa shape index (κ1) is 27.9. The summed E-state index contributed by atoms with van der Waals surface area (Å²) >= 11 is 12.5. The van der Waals surface area contributed by atoms with Gasteiger partial charge in [0.15, 0.2) is 0 Å². The zero-order chi connectivity index (χ0) is 26.9. The van der Waals surface area contributed by atoms with Crippen LogP contribution in [0.15, 0.2) is 48.5 Å². The highest BCUT2D eigenvalue weighted by molar-refractivity contribution is 7.90. The van der Waals surface area contributed by atoms with E-state index >= 15 is 0 Å². The van der Waals surface area contributed by atoms with Gasteiger partial charge in [0.1, 0.15) is 0 Å². The van der Waals surface area contributed by atoms with Gasteiger partial charge in [-0.15, -0.1) is 0 Å². The number of rotatable bonds is 10. The fourth-order valence-electron chi connectivity index (χ4n) is 5.41. The van der Waals surface area contributed by atoms with Crippen molar-refractivity contribution in [3.8, 4) is 0 Å². The molecule has 2 aliphatic rings. The molecule has 7 nitrogen and oxygen atoms in total. The van der Waals surface area contributed by atoms with Gasteiger partial charge in [0.2, 0.25) is 15.9 Å². The number of amides is 1. The SMILES string of the molecule is CCC(CN(C)S(=O)(=O)C1CC1)N1C(=O)[C@H](CC(=O)O)C[C@@H](c2cccc(Cl)c2)C1c1ccc(Cl)cc1. The minimum Gasteiger partial charge on any atom is -0.481 e. The second-order valence-electron chi connectivity index (χ2n) is 10.0.